The first-order valence-electron chi connectivity index (χ1n) is 6.09. The van der Waals surface area contributed by atoms with Crippen LogP contribution in [0.4, 0.5) is 5.69 Å². The molecular weight excluding hydrogens is 266 g/mol. The van der Waals surface area contributed by atoms with Crippen molar-refractivity contribution in [3.8, 4) is 0 Å². The van der Waals surface area contributed by atoms with E-state index in [0.29, 0.717) is 0 Å². The molecule has 1 aromatic carbocycles. The molecule has 0 N–H and O–H groups in total. The topological polar surface area (TPSA) is 12.4 Å². The Kier molecular flexibility index (Phi) is 4.88. The zero-order chi connectivity index (χ0) is 12.1. The van der Waals surface area contributed by atoms with Crippen molar-refractivity contribution in [2.45, 2.75) is 37.5 Å². The fraction of sp³-hybridized carbons (Fsp3) is 0.462. The standard InChI is InChI=1S/C13H19NS3/c1-2-3-4-7-10-16-17(15)11-14-12-8-5-6-9-13(12)17/h5-6,8-9,11,15H,2-4,7,10H2,1H3. The minimum absolute atomic E-state index is 1.11. The van der Waals surface area contributed by atoms with Crippen molar-refractivity contribution in [2.24, 2.45) is 4.99 Å². The Morgan fingerprint density at radius 2 is 2.06 bits per heavy atom. The first kappa shape index (κ1) is 13.4. The van der Waals surface area contributed by atoms with Crippen LogP contribution in [0.1, 0.15) is 32.6 Å². The summed E-state index contributed by atoms with van der Waals surface area (Å²) >= 11 is 4.88. The van der Waals surface area contributed by atoms with E-state index in [-0.39, 0.29) is 0 Å². The van der Waals surface area contributed by atoms with E-state index in [1.807, 2.05) is 16.9 Å². The molecule has 0 spiro atoms. The van der Waals surface area contributed by atoms with E-state index in [2.05, 4.69) is 35.7 Å². The highest BCUT2D eigenvalue weighted by Crippen LogP contribution is 2.72. The molecule has 17 heavy (non-hydrogen) atoms. The minimum Gasteiger partial charge on any atom is -0.248 e. The van der Waals surface area contributed by atoms with Crippen molar-refractivity contribution < 1.29 is 0 Å². The lowest BCUT2D eigenvalue weighted by Gasteiger charge is -2.26. The number of benzene rings is 1. The van der Waals surface area contributed by atoms with Crippen molar-refractivity contribution in [1.82, 2.24) is 0 Å². The molecule has 0 saturated heterocycles. The second kappa shape index (κ2) is 6.21. The summed E-state index contributed by atoms with van der Waals surface area (Å²) in [5.74, 6) is 1.19. The smallest absolute Gasteiger partial charge is 0.0775 e. The Labute approximate surface area is 114 Å². The number of hydrogen-bond acceptors (Lipinski definition) is 3. The van der Waals surface area contributed by atoms with Crippen molar-refractivity contribution >= 4 is 41.8 Å². The molecule has 1 atom stereocenters. The van der Waals surface area contributed by atoms with E-state index in [1.165, 1.54) is 36.3 Å². The SMILES string of the molecule is CCCCCCSS1(S)C=Nc2ccccc21. The molecule has 1 aliphatic rings. The number of para-hydroxylation sites is 1. The van der Waals surface area contributed by atoms with Crippen LogP contribution in [0.15, 0.2) is 34.2 Å². The van der Waals surface area contributed by atoms with Gasteiger partial charge in [-0.2, -0.15) is 0 Å². The predicted molar refractivity (Wildman–Crippen MR) is 86.0 cm³/mol. The number of unbranched alkanes of at least 4 members (excludes halogenated alkanes) is 3. The third-order valence-corrected chi connectivity index (χ3v) is 9.15. The van der Waals surface area contributed by atoms with Crippen molar-refractivity contribution in [2.75, 3.05) is 5.75 Å². The normalized spacial score (nSPS) is 25.5. The lowest BCUT2D eigenvalue weighted by atomic mass is 10.2. The summed E-state index contributed by atoms with van der Waals surface area (Å²) in [6.45, 7) is 2.25. The van der Waals surface area contributed by atoms with Crippen molar-refractivity contribution in [1.29, 1.82) is 0 Å². The fourth-order valence-corrected chi connectivity index (χ4v) is 7.14. The third-order valence-electron chi connectivity index (χ3n) is 2.78. The van der Waals surface area contributed by atoms with Crippen LogP contribution in [0.25, 0.3) is 0 Å². The molecule has 0 amide bonds. The molecule has 0 aromatic heterocycles. The number of aliphatic imine (C=N–C) groups is 1. The zero-order valence-electron chi connectivity index (χ0n) is 10.1. The van der Waals surface area contributed by atoms with Crippen LogP contribution in [0.5, 0.6) is 0 Å². The average molecular weight is 286 g/mol. The van der Waals surface area contributed by atoms with E-state index in [9.17, 15) is 0 Å². The van der Waals surface area contributed by atoms with E-state index < -0.39 is 8.09 Å². The maximum atomic E-state index is 4.88. The van der Waals surface area contributed by atoms with Crippen LogP contribution in [0.2, 0.25) is 0 Å². The maximum absolute atomic E-state index is 4.88. The first-order valence-corrected chi connectivity index (χ1v) is 10.3. The highest BCUT2D eigenvalue weighted by Gasteiger charge is 2.27. The van der Waals surface area contributed by atoms with Gasteiger partial charge in [0.25, 0.3) is 0 Å². The molecule has 94 valence electrons. The summed E-state index contributed by atoms with van der Waals surface area (Å²) < 4.78 is 0. The Morgan fingerprint density at radius 1 is 1.24 bits per heavy atom. The quantitative estimate of drug-likeness (QED) is 0.408. The summed E-state index contributed by atoms with van der Waals surface area (Å²) in [7, 11) is 0.847. The molecule has 1 nitrogen and oxygen atoms in total. The first-order chi connectivity index (χ1) is 8.26. The van der Waals surface area contributed by atoms with Crippen LogP contribution >= 0.6 is 30.5 Å². The number of hydrogen-bond donors (Lipinski definition) is 1. The monoisotopic (exact) mass is 285 g/mol. The summed E-state index contributed by atoms with van der Waals surface area (Å²) in [5.41, 5.74) is 3.17. The van der Waals surface area contributed by atoms with Gasteiger partial charge in [0.15, 0.2) is 0 Å². The molecule has 0 aliphatic carbocycles. The highest BCUT2D eigenvalue weighted by atomic mass is 33.5. The van der Waals surface area contributed by atoms with Crippen molar-refractivity contribution in [3.05, 3.63) is 24.3 Å². The second-order valence-electron chi connectivity index (χ2n) is 4.15. The molecular formula is C13H19NS3. The predicted octanol–water partition coefficient (Wildman–Crippen LogP) is 5.60. The highest BCUT2D eigenvalue weighted by molar-refractivity contribution is 9.26. The molecule has 1 heterocycles. The van der Waals surface area contributed by atoms with Gasteiger partial charge in [-0.25, -0.2) is 4.99 Å². The van der Waals surface area contributed by atoms with Gasteiger partial charge in [-0.15, -0.1) is 11.7 Å². The van der Waals surface area contributed by atoms with E-state index in [0.717, 1.165) is 5.69 Å². The molecule has 1 aliphatic heterocycles. The number of fused-ring (bicyclic) bond motifs is 1. The Morgan fingerprint density at radius 3 is 2.88 bits per heavy atom. The Balaban J connectivity index is 1.91. The van der Waals surface area contributed by atoms with Crippen molar-refractivity contribution in [3.63, 3.8) is 0 Å². The van der Waals surface area contributed by atoms with E-state index in [4.69, 9.17) is 11.7 Å². The van der Waals surface area contributed by atoms with Gasteiger partial charge in [0.1, 0.15) is 0 Å². The van der Waals surface area contributed by atoms with Gasteiger partial charge in [0.2, 0.25) is 0 Å². The Bertz CT molecular complexity index is 405. The van der Waals surface area contributed by atoms with Gasteiger partial charge in [0.05, 0.1) is 11.2 Å². The maximum Gasteiger partial charge on any atom is 0.0775 e. The van der Waals surface area contributed by atoms with Gasteiger partial charge >= 0.3 is 0 Å². The average Bonchev–Trinajstić information content (AvgIpc) is 2.68. The lowest BCUT2D eigenvalue weighted by Crippen LogP contribution is -1.88. The molecule has 0 bridgehead atoms. The summed E-state index contributed by atoms with van der Waals surface area (Å²) in [4.78, 5) is 5.81. The lowest BCUT2D eigenvalue weighted by molar-refractivity contribution is 0.707. The molecule has 0 saturated carbocycles. The number of rotatable bonds is 6. The van der Waals surface area contributed by atoms with Crippen LogP contribution in [0, 0.1) is 0 Å². The third kappa shape index (κ3) is 3.24. The van der Waals surface area contributed by atoms with Gasteiger partial charge in [-0.3, -0.25) is 0 Å². The fourth-order valence-electron chi connectivity index (χ4n) is 1.80. The number of thiol groups is 1. The molecule has 2 rings (SSSR count). The number of nitrogens with zero attached hydrogens (tertiary/aromatic N) is 1. The zero-order valence-corrected chi connectivity index (χ0v) is 12.7. The van der Waals surface area contributed by atoms with Crippen LogP contribution in [-0.2, 0) is 0 Å². The Hall–Kier alpha value is -0.0600. The summed E-state index contributed by atoms with van der Waals surface area (Å²) in [5, 5.41) is 0. The molecule has 0 radical (unpaired) electrons. The summed E-state index contributed by atoms with van der Waals surface area (Å²) in [6.07, 6.45) is 5.28. The van der Waals surface area contributed by atoms with Gasteiger partial charge < -0.3 is 0 Å². The molecule has 1 unspecified atom stereocenters. The van der Waals surface area contributed by atoms with Gasteiger partial charge in [-0.1, -0.05) is 57.2 Å². The van der Waals surface area contributed by atoms with Crippen LogP contribution in [-0.4, -0.2) is 11.3 Å². The van der Waals surface area contributed by atoms with E-state index in [1.54, 1.807) is 0 Å². The minimum atomic E-state index is -1.13. The molecule has 1 aromatic rings. The second-order valence-corrected chi connectivity index (χ2v) is 11.3. The molecule has 0 fully saturated rings. The van der Waals surface area contributed by atoms with Gasteiger partial charge in [-0.05, 0) is 18.6 Å². The van der Waals surface area contributed by atoms with Crippen LogP contribution in [0.3, 0.4) is 0 Å². The molecule has 4 heteroatoms. The largest absolute Gasteiger partial charge is 0.248 e. The summed E-state index contributed by atoms with van der Waals surface area (Å²) in [6, 6.07) is 8.38. The van der Waals surface area contributed by atoms with E-state index >= 15 is 0 Å². The van der Waals surface area contributed by atoms with Crippen LogP contribution < -0.4 is 0 Å². The van der Waals surface area contributed by atoms with Gasteiger partial charge in [0, 0.05) is 10.6 Å².